The van der Waals surface area contributed by atoms with E-state index in [1.807, 2.05) is 17.1 Å². The van der Waals surface area contributed by atoms with Crippen LogP contribution in [0.5, 0.6) is 0 Å². The van der Waals surface area contributed by atoms with Gasteiger partial charge in [-0.25, -0.2) is 0 Å². The maximum Gasteiger partial charge on any atom is 0.186 e. The lowest BCUT2D eigenvalue weighted by molar-refractivity contribution is 0.326. The number of allylic oxidation sites excluding steroid dienone is 1. The summed E-state index contributed by atoms with van der Waals surface area (Å²) in [5, 5.41) is 2.31. The van der Waals surface area contributed by atoms with Gasteiger partial charge in [0.2, 0.25) is 0 Å². The van der Waals surface area contributed by atoms with Crippen LogP contribution in [0.4, 0.5) is 0 Å². The second kappa shape index (κ2) is 6.73. The van der Waals surface area contributed by atoms with Gasteiger partial charge in [0.1, 0.15) is 6.04 Å². The van der Waals surface area contributed by atoms with E-state index in [1.54, 1.807) is 0 Å². The summed E-state index contributed by atoms with van der Waals surface area (Å²) < 4.78 is 0. The molecule has 0 amide bonds. The van der Waals surface area contributed by atoms with E-state index in [2.05, 4.69) is 60.0 Å². The number of nitrogens with one attached hydrogen (secondary N) is 1. The van der Waals surface area contributed by atoms with Gasteiger partial charge in [-0.15, -0.1) is 0 Å². The molecule has 0 unspecified atom stereocenters. The van der Waals surface area contributed by atoms with Gasteiger partial charge < -0.3 is 5.73 Å². The molecule has 1 atom stereocenters. The lowest BCUT2D eigenvalue weighted by Gasteiger charge is -2.27. The molecule has 3 N–H and O–H groups in total. The SMILES string of the molecule is NC(=S)N1NC2=C(CCC/C2=C\c2ccccc2)[C@@H]1c1ccccc1. The number of nitrogens with two attached hydrogens (primary N) is 1. The van der Waals surface area contributed by atoms with Gasteiger partial charge in [-0.05, 0) is 59.8 Å². The molecular weight excluding hydrogens is 326 g/mol. The fourth-order valence-electron chi connectivity index (χ4n) is 3.75. The smallest absolute Gasteiger partial charge is 0.186 e. The summed E-state index contributed by atoms with van der Waals surface area (Å²) in [6.45, 7) is 0. The summed E-state index contributed by atoms with van der Waals surface area (Å²) in [5.41, 5.74) is 15.9. The van der Waals surface area contributed by atoms with E-state index in [9.17, 15) is 0 Å². The average molecular weight is 347 g/mol. The molecule has 1 heterocycles. The van der Waals surface area contributed by atoms with E-state index in [-0.39, 0.29) is 6.04 Å². The van der Waals surface area contributed by atoms with Crippen molar-refractivity contribution in [2.24, 2.45) is 5.73 Å². The maximum absolute atomic E-state index is 6.03. The first kappa shape index (κ1) is 15.9. The summed E-state index contributed by atoms with van der Waals surface area (Å²) in [6.07, 6.45) is 5.54. The van der Waals surface area contributed by atoms with Gasteiger partial charge in [0.25, 0.3) is 0 Å². The summed E-state index contributed by atoms with van der Waals surface area (Å²) >= 11 is 5.32. The Morgan fingerprint density at radius 2 is 1.72 bits per heavy atom. The average Bonchev–Trinajstić information content (AvgIpc) is 3.04. The first-order chi connectivity index (χ1) is 12.2. The fourth-order valence-corrected chi connectivity index (χ4v) is 3.90. The van der Waals surface area contributed by atoms with Crippen LogP contribution >= 0.6 is 12.2 Å². The second-order valence-corrected chi connectivity index (χ2v) is 6.89. The summed E-state index contributed by atoms with van der Waals surface area (Å²) in [4.78, 5) is 0. The molecule has 0 spiro atoms. The molecule has 2 aliphatic rings. The highest BCUT2D eigenvalue weighted by molar-refractivity contribution is 7.80. The zero-order valence-corrected chi connectivity index (χ0v) is 14.8. The first-order valence-electron chi connectivity index (χ1n) is 8.63. The molecule has 25 heavy (non-hydrogen) atoms. The number of rotatable bonds is 2. The molecule has 0 saturated carbocycles. The van der Waals surface area contributed by atoms with Crippen LogP contribution in [-0.2, 0) is 0 Å². The molecule has 0 saturated heterocycles. The lowest BCUT2D eigenvalue weighted by Crippen LogP contribution is -2.43. The van der Waals surface area contributed by atoms with E-state index in [0.29, 0.717) is 5.11 Å². The Labute approximate surface area is 153 Å². The predicted molar refractivity (Wildman–Crippen MR) is 106 cm³/mol. The number of hydrogen-bond donors (Lipinski definition) is 2. The van der Waals surface area contributed by atoms with Crippen molar-refractivity contribution in [2.75, 3.05) is 0 Å². The Morgan fingerprint density at radius 3 is 2.40 bits per heavy atom. The quantitative estimate of drug-likeness (QED) is 0.794. The molecule has 2 aromatic carbocycles. The molecule has 126 valence electrons. The zero-order valence-electron chi connectivity index (χ0n) is 14.0. The number of hydrazine groups is 1. The Morgan fingerprint density at radius 1 is 1.04 bits per heavy atom. The number of nitrogens with zero attached hydrogens (tertiary/aromatic N) is 1. The van der Waals surface area contributed by atoms with E-state index >= 15 is 0 Å². The minimum absolute atomic E-state index is 0.0770. The highest BCUT2D eigenvalue weighted by atomic mass is 32.1. The van der Waals surface area contributed by atoms with Gasteiger partial charge in [-0.3, -0.25) is 10.4 Å². The minimum Gasteiger partial charge on any atom is -0.375 e. The van der Waals surface area contributed by atoms with Crippen molar-refractivity contribution in [2.45, 2.75) is 25.3 Å². The molecule has 4 heteroatoms. The fraction of sp³-hybridized carbons (Fsp3) is 0.190. The second-order valence-electron chi connectivity index (χ2n) is 6.47. The maximum atomic E-state index is 6.03. The van der Waals surface area contributed by atoms with Gasteiger partial charge in [0.15, 0.2) is 5.11 Å². The Bertz CT molecular complexity index is 840. The lowest BCUT2D eigenvalue weighted by atomic mass is 9.86. The van der Waals surface area contributed by atoms with Crippen LogP contribution < -0.4 is 11.2 Å². The van der Waals surface area contributed by atoms with Crippen LogP contribution in [0.1, 0.15) is 36.4 Å². The van der Waals surface area contributed by atoms with Crippen LogP contribution in [0.15, 0.2) is 77.5 Å². The molecule has 0 radical (unpaired) electrons. The van der Waals surface area contributed by atoms with Crippen LogP contribution in [0.3, 0.4) is 0 Å². The normalized spacial score (nSPS) is 21.2. The van der Waals surface area contributed by atoms with Crippen molar-refractivity contribution in [3.8, 4) is 0 Å². The minimum atomic E-state index is 0.0770. The predicted octanol–water partition coefficient (Wildman–Crippen LogP) is 4.31. The van der Waals surface area contributed by atoms with E-state index in [0.717, 1.165) is 19.3 Å². The van der Waals surface area contributed by atoms with Crippen LogP contribution in [0.25, 0.3) is 6.08 Å². The Balaban J connectivity index is 1.77. The molecule has 3 nitrogen and oxygen atoms in total. The van der Waals surface area contributed by atoms with Gasteiger partial charge in [-0.1, -0.05) is 60.7 Å². The number of thiocarbonyl (C=S) groups is 1. The summed E-state index contributed by atoms with van der Waals surface area (Å²) in [5.74, 6) is 0. The molecule has 0 aromatic heterocycles. The van der Waals surface area contributed by atoms with Gasteiger partial charge in [0, 0.05) is 0 Å². The third-order valence-electron chi connectivity index (χ3n) is 4.85. The summed E-state index contributed by atoms with van der Waals surface area (Å²) in [7, 11) is 0. The van der Waals surface area contributed by atoms with E-state index in [4.69, 9.17) is 18.0 Å². The topological polar surface area (TPSA) is 41.3 Å². The van der Waals surface area contributed by atoms with Crippen LogP contribution in [-0.4, -0.2) is 10.1 Å². The molecule has 0 bridgehead atoms. The van der Waals surface area contributed by atoms with Crippen molar-refractivity contribution in [3.63, 3.8) is 0 Å². The van der Waals surface area contributed by atoms with Crippen molar-refractivity contribution >= 4 is 23.4 Å². The molecule has 1 aliphatic heterocycles. The molecular formula is C21H21N3S. The third-order valence-corrected chi connectivity index (χ3v) is 5.04. The third kappa shape index (κ3) is 3.05. The van der Waals surface area contributed by atoms with Gasteiger partial charge in [0.05, 0.1) is 5.70 Å². The van der Waals surface area contributed by atoms with E-state index < -0.39 is 0 Å². The van der Waals surface area contributed by atoms with E-state index in [1.165, 1.54) is 28.0 Å². The first-order valence-corrected chi connectivity index (χ1v) is 9.04. The standard InChI is InChI=1S/C21H21N3S/c22-21(25)24-20(16-10-5-2-6-11-16)18-13-7-12-17(19(18)23-24)14-15-8-3-1-4-9-15/h1-6,8-11,14,20,23H,7,12-13H2,(H2,22,25)/b17-14+/t20-/m0/s1. The molecule has 2 aromatic rings. The monoisotopic (exact) mass is 347 g/mol. The largest absolute Gasteiger partial charge is 0.375 e. The molecule has 1 aliphatic carbocycles. The van der Waals surface area contributed by atoms with Crippen LogP contribution in [0.2, 0.25) is 0 Å². The van der Waals surface area contributed by atoms with Crippen LogP contribution in [0, 0.1) is 0 Å². The Hall–Kier alpha value is -2.59. The van der Waals surface area contributed by atoms with Crippen molar-refractivity contribution < 1.29 is 0 Å². The zero-order chi connectivity index (χ0) is 17.2. The van der Waals surface area contributed by atoms with Crippen molar-refractivity contribution in [1.29, 1.82) is 0 Å². The van der Waals surface area contributed by atoms with Gasteiger partial charge in [-0.2, -0.15) is 0 Å². The molecule has 4 rings (SSSR count). The Kier molecular flexibility index (Phi) is 4.28. The highest BCUT2D eigenvalue weighted by Crippen LogP contribution is 2.43. The van der Waals surface area contributed by atoms with Crippen molar-refractivity contribution in [1.82, 2.24) is 10.4 Å². The summed E-state index contributed by atoms with van der Waals surface area (Å²) in [6, 6.07) is 21.0. The highest BCUT2D eigenvalue weighted by Gasteiger charge is 2.37. The number of benzene rings is 2. The molecule has 0 fully saturated rings. The van der Waals surface area contributed by atoms with Crippen molar-refractivity contribution in [3.05, 3.63) is 88.6 Å². The van der Waals surface area contributed by atoms with Gasteiger partial charge >= 0.3 is 0 Å². The number of hydrogen-bond acceptors (Lipinski definition) is 2.